The van der Waals surface area contributed by atoms with Gasteiger partial charge < -0.3 is 5.11 Å². The number of non-ortho nitro benzene ring substituents is 1. The van der Waals surface area contributed by atoms with Gasteiger partial charge in [0.25, 0.3) is 5.69 Å². The zero-order valence-electron chi connectivity index (χ0n) is 4.94. The molecule has 1 rings (SSSR count). The second kappa shape index (κ2) is 2.34. The first-order chi connectivity index (χ1) is 4.70. The van der Waals surface area contributed by atoms with Crippen molar-refractivity contribution in [3.8, 4) is 5.75 Å². The van der Waals surface area contributed by atoms with Crippen molar-refractivity contribution in [2.45, 2.75) is 0 Å². The molecular weight excluding hydrogens is 134 g/mol. The lowest BCUT2D eigenvalue weighted by Gasteiger charge is -1.89. The van der Waals surface area contributed by atoms with E-state index >= 15 is 0 Å². The molecular formula is C6H4NO3. The van der Waals surface area contributed by atoms with Crippen molar-refractivity contribution < 1.29 is 10.0 Å². The summed E-state index contributed by atoms with van der Waals surface area (Å²) in [5.41, 5.74) is -0.128. The molecule has 0 bridgehead atoms. The second-order valence-corrected chi connectivity index (χ2v) is 1.69. The number of benzene rings is 1. The van der Waals surface area contributed by atoms with Crippen LogP contribution in [0.15, 0.2) is 18.2 Å². The van der Waals surface area contributed by atoms with E-state index in [9.17, 15) is 10.1 Å². The fourth-order valence-corrected chi connectivity index (χ4v) is 0.556. The predicted octanol–water partition coefficient (Wildman–Crippen LogP) is 1.10. The highest BCUT2D eigenvalue weighted by molar-refractivity contribution is 5.36. The largest absolute Gasteiger partial charge is 0.507 e. The van der Waals surface area contributed by atoms with Gasteiger partial charge in [-0.15, -0.1) is 0 Å². The van der Waals surface area contributed by atoms with Crippen LogP contribution in [-0.4, -0.2) is 10.0 Å². The molecule has 0 saturated heterocycles. The monoisotopic (exact) mass is 138 g/mol. The molecule has 0 spiro atoms. The number of phenols is 1. The number of rotatable bonds is 1. The molecule has 0 aliphatic heterocycles. The van der Waals surface area contributed by atoms with Gasteiger partial charge in [0.1, 0.15) is 5.75 Å². The van der Waals surface area contributed by atoms with E-state index in [1.54, 1.807) is 0 Å². The van der Waals surface area contributed by atoms with Gasteiger partial charge in [-0.3, -0.25) is 10.1 Å². The minimum atomic E-state index is -0.576. The first kappa shape index (κ1) is 6.54. The molecule has 0 amide bonds. The molecule has 10 heavy (non-hydrogen) atoms. The van der Waals surface area contributed by atoms with E-state index in [-0.39, 0.29) is 11.4 Å². The number of hydrogen-bond donors (Lipinski definition) is 1. The van der Waals surface area contributed by atoms with Gasteiger partial charge in [0, 0.05) is 12.1 Å². The minimum absolute atomic E-state index is 0.128. The molecule has 1 N–H and O–H groups in total. The molecule has 0 unspecified atom stereocenters. The van der Waals surface area contributed by atoms with Gasteiger partial charge in [-0.05, 0) is 6.07 Å². The van der Waals surface area contributed by atoms with E-state index < -0.39 is 4.92 Å². The maximum absolute atomic E-state index is 10.0. The number of nitro benzene ring substituents is 1. The third-order valence-electron chi connectivity index (χ3n) is 0.981. The fraction of sp³-hybridized carbons (Fsp3) is 0. The van der Waals surface area contributed by atoms with E-state index in [2.05, 4.69) is 6.07 Å². The van der Waals surface area contributed by atoms with Gasteiger partial charge >= 0.3 is 0 Å². The molecule has 1 radical (unpaired) electrons. The van der Waals surface area contributed by atoms with Crippen molar-refractivity contribution in [2.24, 2.45) is 0 Å². The molecule has 4 heteroatoms. The van der Waals surface area contributed by atoms with Gasteiger partial charge in [0.15, 0.2) is 0 Å². The van der Waals surface area contributed by atoms with Gasteiger partial charge in [0.2, 0.25) is 0 Å². The Labute approximate surface area is 56.9 Å². The molecule has 0 aliphatic rings. The molecule has 1 aromatic rings. The average molecular weight is 138 g/mol. The maximum atomic E-state index is 10.0. The maximum Gasteiger partial charge on any atom is 0.273 e. The Hall–Kier alpha value is -1.58. The molecule has 1 aromatic carbocycles. The van der Waals surface area contributed by atoms with E-state index in [0.717, 1.165) is 6.07 Å². The quantitative estimate of drug-likeness (QED) is 0.466. The van der Waals surface area contributed by atoms with Crippen molar-refractivity contribution in [2.75, 3.05) is 0 Å². The van der Waals surface area contributed by atoms with Crippen molar-refractivity contribution >= 4 is 5.69 Å². The molecule has 0 fully saturated rings. The topological polar surface area (TPSA) is 63.4 Å². The third kappa shape index (κ3) is 1.22. The third-order valence-corrected chi connectivity index (χ3v) is 0.981. The van der Waals surface area contributed by atoms with Crippen LogP contribution in [0.25, 0.3) is 0 Å². The fourth-order valence-electron chi connectivity index (χ4n) is 0.556. The molecule has 0 aliphatic carbocycles. The van der Waals surface area contributed by atoms with Crippen molar-refractivity contribution in [1.82, 2.24) is 0 Å². The normalized spacial score (nSPS) is 9.20. The van der Waals surface area contributed by atoms with Crippen LogP contribution in [0.5, 0.6) is 5.75 Å². The van der Waals surface area contributed by atoms with Gasteiger partial charge in [-0.2, -0.15) is 0 Å². The van der Waals surface area contributed by atoms with E-state index in [0.29, 0.717) is 0 Å². The van der Waals surface area contributed by atoms with Gasteiger partial charge in [0.05, 0.1) is 11.0 Å². The summed E-state index contributed by atoms with van der Waals surface area (Å²) >= 11 is 0. The highest BCUT2D eigenvalue weighted by atomic mass is 16.6. The highest BCUT2D eigenvalue weighted by Gasteiger charge is 2.03. The Bertz CT molecular complexity index is 259. The first-order valence-corrected chi connectivity index (χ1v) is 2.55. The van der Waals surface area contributed by atoms with Crippen LogP contribution in [0.3, 0.4) is 0 Å². The average Bonchev–Trinajstić information content (AvgIpc) is 1.88. The van der Waals surface area contributed by atoms with Gasteiger partial charge in [-0.25, -0.2) is 0 Å². The van der Waals surface area contributed by atoms with Crippen LogP contribution in [0.1, 0.15) is 0 Å². The van der Waals surface area contributed by atoms with Crippen LogP contribution in [0.2, 0.25) is 0 Å². The Morgan fingerprint density at radius 1 is 1.70 bits per heavy atom. The summed E-state index contributed by atoms with van der Waals surface area (Å²) in [5.74, 6) is -0.214. The highest BCUT2D eigenvalue weighted by Crippen LogP contribution is 2.16. The minimum Gasteiger partial charge on any atom is -0.507 e. The predicted molar refractivity (Wildman–Crippen MR) is 33.6 cm³/mol. The summed E-state index contributed by atoms with van der Waals surface area (Å²) in [4.78, 5) is 9.46. The smallest absolute Gasteiger partial charge is 0.273 e. The molecule has 51 valence electrons. The SMILES string of the molecule is O=[N+]([O-])c1cc[c]c(O)c1. The summed E-state index contributed by atoms with van der Waals surface area (Å²) in [7, 11) is 0. The Kier molecular flexibility index (Phi) is 1.53. The van der Waals surface area contributed by atoms with Crippen LogP contribution in [0, 0.1) is 16.2 Å². The van der Waals surface area contributed by atoms with Crippen molar-refractivity contribution in [3.05, 3.63) is 34.4 Å². The van der Waals surface area contributed by atoms with E-state index in [1.165, 1.54) is 12.1 Å². The van der Waals surface area contributed by atoms with Gasteiger partial charge in [-0.1, -0.05) is 0 Å². The number of nitrogens with zero attached hydrogens (tertiary/aromatic N) is 1. The number of hydrogen-bond acceptors (Lipinski definition) is 3. The summed E-state index contributed by atoms with van der Waals surface area (Å²) in [6.07, 6.45) is 0. The molecule has 4 nitrogen and oxygen atoms in total. The molecule has 0 atom stereocenters. The Morgan fingerprint density at radius 3 is 2.80 bits per heavy atom. The van der Waals surface area contributed by atoms with Crippen LogP contribution < -0.4 is 0 Å². The Balaban J connectivity index is 3.07. The summed E-state index contributed by atoms with van der Waals surface area (Å²) in [6.45, 7) is 0. The number of aromatic hydroxyl groups is 1. The van der Waals surface area contributed by atoms with Crippen LogP contribution in [0.4, 0.5) is 5.69 Å². The second-order valence-electron chi connectivity index (χ2n) is 1.69. The zero-order chi connectivity index (χ0) is 7.56. The standard InChI is InChI=1S/C6H4NO3/c8-6-3-1-2-5(4-6)7(9)10/h1-2,4,8H. The van der Waals surface area contributed by atoms with E-state index in [4.69, 9.17) is 5.11 Å². The van der Waals surface area contributed by atoms with Crippen LogP contribution in [-0.2, 0) is 0 Å². The summed E-state index contributed by atoms with van der Waals surface area (Å²) in [5, 5.41) is 18.7. The first-order valence-electron chi connectivity index (χ1n) is 2.55. The number of phenolic OH excluding ortho intramolecular Hbond substituents is 1. The molecule has 0 aromatic heterocycles. The van der Waals surface area contributed by atoms with Crippen molar-refractivity contribution in [3.63, 3.8) is 0 Å². The molecule has 0 saturated carbocycles. The number of nitro groups is 1. The zero-order valence-corrected chi connectivity index (χ0v) is 4.94. The Morgan fingerprint density at radius 2 is 2.40 bits per heavy atom. The molecule has 0 heterocycles. The lowest BCUT2D eigenvalue weighted by Crippen LogP contribution is -1.85. The summed E-state index contributed by atoms with van der Waals surface area (Å²) in [6, 6.07) is 5.98. The summed E-state index contributed by atoms with van der Waals surface area (Å²) < 4.78 is 0. The van der Waals surface area contributed by atoms with E-state index in [1.807, 2.05) is 0 Å². The lowest BCUT2D eigenvalue weighted by atomic mass is 10.3. The lowest BCUT2D eigenvalue weighted by molar-refractivity contribution is -0.384. The van der Waals surface area contributed by atoms with Crippen LogP contribution >= 0.6 is 0 Å². The van der Waals surface area contributed by atoms with Crippen molar-refractivity contribution in [1.29, 1.82) is 0 Å².